The van der Waals surface area contributed by atoms with Crippen molar-refractivity contribution >= 4 is 12.0 Å². The maximum atomic E-state index is 11.6. The molecule has 0 fully saturated rings. The molecule has 4 heteroatoms. The number of nitrogens with one attached hydrogen (secondary N) is 1. The van der Waals surface area contributed by atoms with Crippen LogP contribution in [0.15, 0.2) is 24.3 Å². The van der Waals surface area contributed by atoms with Crippen LogP contribution in [0.2, 0.25) is 0 Å². The number of ether oxygens (including phenoxy) is 2. The fourth-order valence-corrected chi connectivity index (χ4v) is 1.79. The van der Waals surface area contributed by atoms with Crippen LogP contribution < -0.4 is 14.8 Å². The molecular weight excluding hydrogens is 242 g/mol. The Bertz CT molecular complexity index is 501. The number of hydrogen-bond acceptors (Lipinski definition) is 3. The van der Waals surface area contributed by atoms with E-state index < -0.39 is 0 Å². The third kappa shape index (κ3) is 4.02. The zero-order valence-corrected chi connectivity index (χ0v) is 11.5. The van der Waals surface area contributed by atoms with E-state index in [9.17, 15) is 4.79 Å². The van der Waals surface area contributed by atoms with Gasteiger partial charge in [0.2, 0.25) is 12.7 Å². The molecule has 0 spiro atoms. The van der Waals surface area contributed by atoms with Gasteiger partial charge in [0, 0.05) is 12.0 Å². The molecule has 2 rings (SSSR count). The Balaban J connectivity index is 1.91. The Morgan fingerprint density at radius 2 is 2.05 bits per heavy atom. The van der Waals surface area contributed by atoms with Crippen molar-refractivity contribution in [2.45, 2.75) is 32.7 Å². The molecule has 0 aliphatic carbocycles. The fraction of sp³-hybridized carbons (Fsp3) is 0.400. The van der Waals surface area contributed by atoms with Gasteiger partial charge in [-0.05, 0) is 38.5 Å². The minimum absolute atomic E-state index is 0.0180. The van der Waals surface area contributed by atoms with Crippen molar-refractivity contribution in [1.82, 2.24) is 5.32 Å². The summed E-state index contributed by atoms with van der Waals surface area (Å²) in [5.74, 6) is 1.54. The first-order chi connectivity index (χ1) is 8.94. The quantitative estimate of drug-likeness (QED) is 0.910. The molecule has 0 radical (unpaired) electrons. The summed E-state index contributed by atoms with van der Waals surface area (Å²) in [6.45, 7) is 6.17. The van der Waals surface area contributed by atoms with Crippen LogP contribution in [0.25, 0.3) is 6.08 Å². The summed E-state index contributed by atoms with van der Waals surface area (Å²) in [7, 11) is 0. The van der Waals surface area contributed by atoms with E-state index in [0.29, 0.717) is 6.42 Å². The molecule has 1 aromatic carbocycles. The van der Waals surface area contributed by atoms with Gasteiger partial charge in [0.15, 0.2) is 11.5 Å². The number of fused-ring (bicyclic) bond motifs is 1. The molecule has 1 aliphatic heterocycles. The molecule has 0 unspecified atom stereocenters. The van der Waals surface area contributed by atoms with Crippen LogP contribution in [-0.4, -0.2) is 18.2 Å². The van der Waals surface area contributed by atoms with Crippen molar-refractivity contribution < 1.29 is 14.3 Å². The second-order valence-corrected chi connectivity index (χ2v) is 5.52. The Kier molecular flexibility index (Phi) is 3.79. The predicted octanol–water partition coefficient (Wildman–Crippen LogP) is 2.73. The van der Waals surface area contributed by atoms with Gasteiger partial charge >= 0.3 is 0 Å². The zero-order chi connectivity index (χ0) is 13.9. The van der Waals surface area contributed by atoms with Gasteiger partial charge in [-0.3, -0.25) is 4.79 Å². The molecule has 0 saturated carbocycles. The molecule has 0 saturated heterocycles. The maximum absolute atomic E-state index is 11.6. The Labute approximate surface area is 113 Å². The first-order valence-corrected chi connectivity index (χ1v) is 6.31. The standard InChI is InChI=1S/C15H19NO3/c1-15(2,3)16-14(17)6-4-5-11-7-8-12-13(9-11)19-10-18-12/h4-5,7-9H,6,10H2,1-3H3,(H,16,17)/b5-4+. The van der Waals surface area contributed by atoms with E-state index >= 15 is 0 Å². The summed E-state index contributed by atoms with van der Waals surface area (Å²) in [4.78, 5) is 11.6. The van der Waals surface area contributed by atoms with Gasteiger partial charge < -0.3 is 14.8 Å². The van der Waals surface area contributed by atoms with Crippen molar-refractivity contribution in [3.05, 3.63) is 29.8 Å². The molecule has 102 valence electrons. The minimum Gasteiger partial charge on any atom is -0.454 e. The lowest BCUT2D eigenvalue weighted by molar-refractivity contribution is -0.121. The van der Waals surface area contributed by atoms with Gasteiger partial charge in [0.05, 0.1) is 0 Å². The summed E-state index contributed by atoms with van der Waals surface area (Å²) in [5, 5.41) is 2.91. The molecule has 1 amide bonds. The number of benzene rings is 1. The topological polar surface area (TPSA) is 47.6 Å². The van der Waals surface area contributed by atoms with Gasteiger partial charge in [-0.15, -0.1) is 0 Å². The summed E-state index contributed by atoms with van der Waals surface area (Å²) in [6.07, 6.45) is 4.12. The second kappa shape index (κ2) is 5.34. The first-order valence-electron chi connectivity index (χ1n) is 6.31. The van der Waals surface area contributed by atoms with E-state index in [1.54, 1.807) is 0 Å². The third-order valence-electron chi connectivity index (χ3n) is 2.52. The van der Waals surface area contributed by atoms with Gasteiger partial charge in [-0.1, -0.05) is 18.2 Å². The molecule has 1 N–H and O–H groups in total. The van der Waals surface area contributed by atoms with Gasteiger partial charge in [0.1, 0.15) is 0 Å². The summed E-state index contributed by atoms with van der Waals surface area (Å²) in [5.41, 5.74) is 0.803. The van der Waals surface area contributed by atoms with Crippen molar-refractivity contribution in [2.75, 3.05) is 6.79 Å². The number of hydrogen-bond donors (Lipinski definition) is 1. The number of carbonyl (C=O) groups excluding carboxylic acids is 1. The molecular formula is C15H19NO3. The number of carbonyl (C=O) groups is 1. The minimum atomic E-state index is -0.191. The predicted molar refractivity (Wildman–Crippen MR) is 74.1 cm³/mol. The van der Waals surface area contributed by atoms with E-state index in [-0.39, 0.29) is 18.2 Å². The molecule has 4 nitrogen and oxygen atoms in total. The van der Waals surface area contributed by atoms with Crippen LogP contribution in [0.1, 0.15) is 32.8 Å². The Hall–Kier alpha value is -1.97. The van der Waals surface area contributed by atoms with Crippen molar-refractivity contribution in [3.8, 4) is 11.5 Å². The number of rotatable bonds is 3. The smallest absolute Gasteiger partial charge is 0.231 e. The molecule has 19 heavy (non-hydrogen) atoms. The van der Waals surface area contributed by atoms with Gasteiger partial charge in [-0.2, -0.15) is 0 Å². The van der Waals surface area contributed by atoms with Crippen LogP contribution in [0.3, 0.4) is 0 Å². The summed E-state index contributed by atoms with van der Waals surface area (Å²) < 4.78 is 10.5. The third-order valence-corrected chi connectivity index (χ3v) is 2.52. The summed E-state index contributed by atoms with van der Waals surface area (Å²) in [6, 6.07) is 5.71. The lowest BCUT2D eigenvalue weighted by Gasteiger charge is -2.19. The first kappa shape index (κ1) is 13.5. The SMILES string of the molecule is CC(C)(C)NC(=O)C/C=C/c1ccc2c(c1)OCO2. The lowest BCUT2D eigenvalue weighted by atomic mass is 10.1. The maximum Gasteiger partial charge on any atom is 0.231 e. The van der Waals surface area contributed by atoms with Crippen LogP contribution in [-0.2, 0) is 4.79 Å². The Morgan fingerprint density at radius 1 is 1.32 bits per heavy atom. The number of amides is 1. The molecule has 0 bridgehead atoms. The zero-order valence-electron chi connectivity index (χ0n) is 11.5. The van der Waals surface area contributed by atoms with Crippen molar-refractivity contribution in [2.24, 2.45) is 0 Å². The molecule has 1 aliphatic rings. The van der Waals surface area contributed by atoms with Crippen LogP contribution in [0.4, 0.5) is 0 Å². The van der Waals surface area contributed by atoms with E-state index in [4.69, 9.17) is 9.47 Å². The monoisotopic (exact) mass is 261 g/mol. The second-order valence-electron chi connectivity index (χ2n) is 5.52. The molecule has 1 heterocycles. The highest BCUT2D eigenvalue weighted by molar-refractivity contribution is 5.79. The fourth-order valence-electron chi connectivity index (χ4n) is 1.79. The van der Waals surface area contributed by atoms with E-state index in [0.717, 1.165) is 17.1 Å². The average molecular weight is 261 g/mol. The highest BCUT2D eigenvalue weighted by atomic mass is 16.7. The van der Waals surface area contributed by atoms with Crippen LogP contribution in [0, 0.1) is 0 Å². The van der Waals surface area contributed by atoms with Crippen molar-refractivity contribution in [1.29, 1.82) is 0 Å². The van der Waals surface area contributed by atoms with Crippen LogP contribution in [0.5, 0.6) is 11.5 Å². The highest BCUT2D eigenvalue weighted by Crippen LogP contribution is 2.32. The normalized spacial score (nSPS) is 13.8. The van der Waals surface area contributed by atoms with E-state index in [1.807, 2.05) is 51.1 Å². The molecule has 0 atom stereocenters. The largest absolute Gasteiger partial charge is 0.454 e. The van der Waals surface area contributed by atoms with E-state index in [2.05, 4.69) is 5.32 Å². The van der Waals surface area contributed by atoms with Crippen molar-refractivity contribution in [3.63, 3.8) is 0 Å². The lowest BCUT2D eigenvalue weighted by Crippen LogP contribution is -2.40. The Morgan fingerprint density at radius 3 is 2.79 bits per heavy atom. The van der Waals surface area contributed by atoms with Gasteiger partial charge in [-0.25, -0.2) is 0 Å². The average Bonchev–Trinajstić information content (AvgIpc) is 2.73. The summed E-state index contributed by atoms with van der Waals surface area (Å²) >= 11 is 0. The van der Waals surface area contributed by atoms with Gasteiger partial charge in [0.25, 0.3) is 0 Å². The molecule has 1 aromatic rings. The molecule has 0 aromatic heterocycles. The highest BCUT2D eigenvalue weighted by Gasteiger charge is 2.13. The van der Waals surface area contributed by atoms with Crippen LogP contribution >= 0.6 is 0 Å². The van der Waals surface area contributed by atoms with E-state index in [1.165, 1.54) is 0 Å².